The van der Waals surface area contributed by atoms with Gasteiger partial charge in [-0.1, -0.05) is 24.4 Å². The summed E-state index contributed by atoms with van der Waals surface area (Å²) >= 11 is 6.53. The van der Waals surface area contributed by atoms with Crippen molar-refractivity contribution in [2.45, 2.75) is 52.0 Å². The molecule has 1 aliphatic carbocycles. The second kappa shape index (κ2) is 11.1. The molecule has 194 valence electrons. The summed E-state index contributed by atoms with van der Waals surface area (Å²) in [6, 6.07) is 3.23. The summed E-state index contributed by atoms with van der Waals surface area (Å²) in [4.78, 5) is 27.6. The van der Waals surface area contributed by atoms with E-state index in [2.05, 4.69) is 0 Å². The molecule has 2 unspecified atom stereocenters. The van der Waals surface area contributed by atoms with Crippen LogP contribution in [0.3, 0.4) is 0 Å². The Labute approximate surface area is 211 Å². The molecule has 0 saturated heterocycles. The van der Waals surface area contributed by atoms with Crippen LogP contribution in [0, 0.1) is 11.3 Å². The Morgan fingerprint density at radius 3 is 2.66 bits per heavy atom. The van der Waals surface area contributed by atoms with Gasteiger partial charge in [-0.3, -0.25) is 9.59 Å². The number of fused-ring (bicyclic) bond motifs is 1. The highest BCUT2D eigenvalue weighted by atomic mass is 35.5. The number of nitrogens with zero attached hydrogens (tertiary/aromatic N) is 2. The minimum absolute atomic E-state index is 0.0781. The number of carboxylic acid groups (broad SMARTS) is 1. The van der Waals surface area contributed by atoms with Crippen LogP contribution in [0.25, 0.3) is 0 Å². The van der Waals surface area contributed by atoms with E-state index in [9.17, 15) is 14.7 Å². The number of carbonyl (C=O) groups is 2. The molecule has 0 aromatic heterocycles. The van der Waals surface area contributed by atoms with Gasteiger partial charge in [-0.25, -0.2) is 5.84 Å². The number of hydrazine groups is 1. The molecule has 3 atom stereocenters. The molecule has 1 aliphatic heterocycles. The van der Waals surface area contributed by atoms with Crippen molar-refractivity contribution in [3.63, 3.8) is 0 Å². The molecule has 35 heavy (non-hydrogen) atoms. The number of benzene rings is 1. The third kappa shape index (κ3) is 5.37. The number of hydrogen-bond acceptors (Lipinski definition) is 7. The highest BCUT2D eigenvalue weighted by Crippen LogP contribution is 2.46. The van der Waals surface area contributed by atoms with Crippen molar-refractivity contribution in [2.24, 2.45) is 22.9 Å². The molecular formula is C25H37ClN4O5. The fourth-order valence-corrected chi connectivity index (χ4v) is 5.58. The SMILES string of the molecule is COC/C(=C(/N)COc1ccc(Cl)c2c1C(C)N(C(=O)C1CCCC[C@]1(C)C(=O)O)CC2)N(C)N. The van der Waals surface area contributed by atoms with Gasteiger partial charge in [0.25, 0.3) is 0 Å². The number of nitrogens with two attached hydrogens (primary N) is 2. The van der Waals surface area contributed by atoms with E-state index in [0.717, 1.165) is 24.0 Å². The highest BCUT2D eigenvalue weighted by Gasteiger charge is 2.49. The zero-order chi connectivity index (χ0) is 25.9. The average Bonchev–Trinajstić information content (AvgIpc) is 2.82. The Balaban J connectivity index is 1.90. The van der Waals surface area contributed by atoms with Crippen LogP contribution in [-0.4, -0.2) is 60.8 Å². The first-order chi connectivity index (χ1) is 16.5. The summed E-state index contributed by atoms with van der Waals surface area (Å²) in [5.74, 6) is 4.86. The third-order valence-electron chi connectivity index (χ3n) is 7.49. The largest absolute Gasteiger partial charge is 0.487 e. The quantitative estimate of drug-likeness (QED) is 0.360. The van der Waals surface area contributed by atoms with Gasteiger partial charge in [0.15, 0.2) is 0 Å². The Morgan fingerprint density at radius 1 is 1.31 bits per heavy atom. The van der Waals surface area contributed by atoms with Gasteiger partial charge < -0.3 is 30.2 Å². The predicted molar refractivity (Wildman–Crippen MR) is 134 cm³/mol. The molecule has 1 aromatic carbocycles. The van der Waals surface area contributed by atoms with Crippen molar-refractivity contribution >= 4 is 23.5 Å². The summed E-state index contributed by atoms with van der Waals surface area (Å²) in [5.41, 5.74) is 7.96. The molecule has 1 heterocycles. The molecule has 0 spiro atoms. The number of carboxylic acids is 1. The smallest absolute Gasteiger partial charge is 0.310 e. The van der Waals surface area contributed by atoms with E-state index in [4.69, 9.17) is 32.7 Å². The second-order valence-electron chi connectivity index (χ2n) is 9.72. The number of amides is 1. The summed E-state index contributed by atoms with van der Waals surface area (Å²) in [5, 5.41) is 11.9. The molecule has 0 radical (unpaired) electrons. The lowest BCUT2D eigenvalue weighted by Gasteiger charge is -2.43. The maximum atomic E-state index is 13.7. The van der Waals surface area contributed by atoms with Crippen LogP contribution in [0.2, 0.25) is 5.02 Å². The van der Waals surface area contributed by atoms with Crippen molar-refractivity contribution in [3.8, 4) is 5.75 Å². The fraction of sp³-hybridized carbons (Fsp3) is 0.600. The summed E-state index contributed by atoms with van der Waals surface area (Å²) < 4.78 is 11.3. The van der Waals surface area contributed by atoms with E-state index in [1.54, 1.807) is 38.1 Å². The summed E-state index contributed by atoms with van der Waals surface area (Å²) in [7, 11) is 3.23. The lowest BCUT2D eigenvalue weighted by molar-refractivity contribution is -0.162. The first kappa shape index (κ1) is 27.1. The first-order valence-corrected chi connectivity index (χ1v) is 12.3. The normalized spacial score (nSPS) is 24.9. The number of aliphatic carboxylic acids is 1. The Bertz CT molecular complexity index is 998. The molecule has 1 amide bonds. The van der Waals surface area contributed by atoms with Gasteiger partial charge in [0, 0.05) is 31.3 Å². The van der Waals surface area contributed by atoms with E-state index < -0.39 is 17.3 Å². The van der Waals surface area contributed by atoms with Gasteiger partial charge >= 0.3 is 5.97 Å². The average molecular weight is 509 g/mol. The van der Waals surface area contributed by atoms with E-state index in [1.165, 1.54) is 5.01 Å². The van der Waals surface area contributed by atoms with Crippen molar-refractivity contribution < 1.29 is 24.2 Å². The molecule has 0 bridgehead atoms. The second-order valence-corrected chi connectivity index (χ2v) is 10.1. The number of hydrogen-bond donors (Lipinski definition) is 3. The van der Waals surface area contributed by atoms with Crippen LogP contribution < -0.4 is 16.3 Å². The van der Waals surface area contributed by atoms with Crippen LogP contribution in [0.4, 0.5) is 0 Å². The van der Waals surface area contributed by atoms with Gasteiger partial charge in [-0.15, -0.1) is 0 Å². The molecule has 1 saturated carbocycles. The maximum Gasteiger partial charge on any atom is 0.310 e. The van der Waals surface area contributed by atoms with Crippen molar-refractivity contribution in [3.05, 3.63) is 39.7 Å². The van der Waals surface area contributed by atoms with Gasteiger partial charge in [0.05, 0.1) is 35.4 Å². The lowest BCUT2D eigenvalue weighted by atomic mass is 9.66. The van der Waals surface area contributed by atoms with Gasteiger partial charge in [-0.2, -0.15) is 0 Å². The number of likely N-dealkylation sites (N-methyl/N-ethyl adjacent to an activating group) is 1. The van der Waals surface area contributed by atoms with Crippen molar-refractivity contribution in [1.82, 2.24) is 9.91 Å². The number of ether oxygens (including phenoxy) is 2. The molecule has 1 aromatic rings. The molecule has 5 N–H and O–H groups in total. The van der Waals surface area contributed by atoms with E-state index in [-0.39, 0.29) is 25.2 Å². The standard InChI is InChI=1S/C25H37ClN4O5/c1-15-22-16(10-12-30(15)23(31)17-7-5-6-11-25(17,2)24(32)33)18(26)8-9-21(22)35-13-19(27)20(14-34-4)29(3)28/h8-9,15,17H,5-7,10-14,27-28H2,1-4H3,(H,32,33)/b20-19-/t15?,17?,25-/m0/s1. The number of methoxy groups -OCH3 is 1. The first-order valence-electron chi connectivity index (χ1n) is 12.0. The third-order valence-corrected chi connectivity index (χ3v) is 7.84. The van der Waals surface area contributed by atoms with Gasteiger partial charge in [0.1, 0.15) is 12.4 Å². The van der Waals surface area contributed by atoms with E-state index in [1.807, 2.05) is 6.92 Å². The Hall–Kier alpha value is -2.49. The monoisotopic (exact) mass is 508 g/mol. The van der Waals surface area contributed by atoms with Crippen LogP contribution in [-0.2, 0) is 20.7 Å². The lowest BCUT2D eigenvalue weighted by Crippen LogP contribution is -2.50. The molecule has 2 aliphatic rings. The molecule has 9 nitrogen and oxygen atoms in total. The predicted octanol–water partition coefficient (Wildman–Crippen LogP) is 3.07. The van der Waals surface area contributed by atoms with Crippen LogP contribution in [0.5, 0.6) is 5.75 Å². The summed E-state index contributed by atoms with van der Waals surface area (Å²) in [6.07, 6.45) is 3.30. The zero-order valence-corrected chi connectivity index (χ0v) is 21.7. The summed E-state index contributed by atoms with van der Waals surface area (Å²) in [6.45, 7) is 4.42. The highest BCUT2D eigenvalue weighted by molar-refractivity contribution is 6.31. The minimum Gasteiger partial charge on any atom is -0.487 e. The topological polar surface area (TPSA) is 131 Å². The van der Waals surface area contributed by atoms with Gasteiger partial charge in [-0.05, 0) is 50.8 Å². The molecular weight excluding hydrogens is 472 g/mol. The van der Waals surface area contributed by atoms with Crippen LogP contribution in [0.1, 0.15) is 56.7 Å². The van der Waals surface area contributed by atoms with Crippen molar-refractivity contribution in [1.29, 1.82) is 0 Å². The molecule has 3 rings (SSSR count). The van der Waals surface area contributed by atoms with E-state index in [0.29, 0.717) is 48.0 Å². The van der Waals surface area contributed by atoms with Gasteiger partial charge in [0.2, 0.25) is 5.91 Å². The molecule has 1 fully saturated rings. The van der Waals surface area contributed by atoms with Crippen LogP contribution >= 0.6 is 11.6 Å². The Kier molecular flexibility index (Phi) is 8.56. The van der Waals surface area contributed by atoms with Crippen molar-refractivity contribution in [2.75, 3.05) is 33.9 Å². The number of carbonyl (C=O) groups excluding carboxylic acids is 1. The molecule has 10 heteroatoms. The maximum absolute atomic E-state index is 13.7. The fourth-order valence-electron chi connectivity index (χ4n) is 5.32. The number of rotatable bonds is 8. The van der Waals surface area contributed by atoms with Crippen LogP contribution in [0.15, 0.2) is 23.5 Å². The number of halogens is 1. The Morgan fingerprint density at radius 2 is 2.03 bits per heavy atom. The minimum atomic E-state index is -1.06. The van der Waals surface area contributed by atoms with E-state index >= 15 is 0 Å². The zero-order valence-electron chi connectivity index (χ0n) is 21.0.